The van der Waals surface area contributed by atoms with Gasteiger partial charge in [-0.05, 0) is 32.4 Å². The van der Waals surface area contributed by atoms with E-state index >= 15 is 0 Å². The first kappa shape index (κ1) is 14.0. The number of H-pyrrole nitrogens is 1. The highest BCUT2D eigenvalue weighted by Gasteiger charge is 2.07. The number of nitrogens with one attached hydrogen (secondary N) is 2. The Bertz CT molecular complexity index is 713. The number of pyridine rings is 1. The highest BCUT2D eigenvalue weighted by molar-refractivity contribution is 5.35. The van der Waals surface area contributed by atoms with Gasteiger partial charge in [-0.1, -0.05) is 6.07 Å². The minimum absolute atomic E-state index is 0.183. The molecule has 2 aromatic rings. The van der Waals surface area contributed by atoms with Crippen molar-refractivity contribution in [3.05, 3.63) is 55.7 Å². The lowest BCUT2D eigenvalue weighted by molar-refractivity contribution is 0.617. The number of hydrogen-bond donors (Lipinski definition) is 2. The third-order valence-electron chi connectivity index (χ3n) is 3.23. The summed E-state index contributed by atoms with van der Waals surface area (Å²) in [5.41, 5.74) is 1.38. The molecule has 0 amide bonds. The van der Waals surface area contributed by atoms with Crippen LogP contribution in [-0.4, -0.2) is 21.3 Å². The summed E-state index contributed by atoms with van der Waals surface area (Å²) in [5.74, 6) is 0.789. The quantitative estimate of drug-likeness (QED) is 0.872. The first-order chi connectivity index (χ1) is 9.52. The molecule has 106 valence electrons. The average Bonchev–Trinajstić information content (AvgIpc) is 2.45. The van der Waals surface area contributed by atoms with Crippen molar-refractivity contribution in [1.82, 2.24) is 14.8 Å². The fourth-order valence-electron chi connectivity index (χ4n) is 1.89. The molecule has 2 rings (SSSR count). The van der Waals surface area contributed by atoms with Crippen LogP contribution in [0.5, 0.6) is 0 Å². The molecule has 6 heteroatoms. The van der Waals surface area contributed by atoms with Crippen LogP contribution in [-0.2, 0) is 6.54 Å². The summed E-state index contributed by atoms with van der Waals surface area (Å²) in [6.45, 7) is 6.41. The Morgan fingerprint density at radius 1 is 1.25 bits per heavy atom. The standard InChI is InChI=1S/C14H18N4O2/c1-4-15-12-6-5-11(7-16-12)8-18-14(20)10(3)9(2)13(19)17-18/h5-7H,4,8H2,1-3H3,(H,15,16)(H,17,19). The van der Waals surface area contributed by atoms with E-state index < -0.39 is 0 Å². The minimum Gasteiger partial charge on any atom is -0.370 e. The molecule has 2 N–H and O–H groups in total. The number of nitrogens with zero attached hydrogens (tertiary/aromatic N) is 2. The molecule has 0 aliphatic heterocycles. The van der Waals surface area contributed by atoms with Crippen LogP contribution in [0.4, 0.5) is 5.82 Å². The van der Waals surface area contributed by atoms with Crippen molar-refractivity contribution in [2.45, 2.75) is 27.3 Å². The smallest absolute Gasteiger partial charge is 0.268 e. The van der Waals surface area contributed by atoms with E-state index in [2.05, 4.69) is 15.4 Å². The van der Waals surface area contributed by atoms with Gasteiger partial charge in [-0.3, -0.25) is 14.7 Å². The largest absolute Gasteiger partial charge is 0.370 e. The van der Waals surface area contributed by atoms with Gasteiger partial charge >= 0.3 is 0 Å². The highest BCUT2D eigenvalue weighted by atomic mass is 16.2. The molecule has 0 fully saturated rings. The topological polar surface area (TPSA) is 79.8 Å². The molecular weight excluding hydrogens is 256 g/mol. The Morgan fingerprint density at radius 2 is 2.00 bits per heavy atom. The van der Waals surface area contributed by atoms with Crippen molar-refractivity contribution in [3.63, 3.8) is 0 Å². The Morgan fingerprint density at radius 3 is 2.60 bits per heavy atom. The second-order valence-electron chi connectivity index (χ2n) is 4.66. The monoisotopic (exact) mass is 274 g/mol. The molecule has 0 radical (unpaired) electrons. The molecule has 0 saturated heterocycles. The molecular formula is C14H18N4O2. The lowest BCUT2D eigenvalue weighted by Crippen LogP contribution is -2.33. The van der Waals surface area contributed by atoms with Gasteiger partial charge in [0.25, 0.3) is 11.1 Å². The normalized spacial score (nSPS) is 10.6. The van der Waals surface area contributed by atoms with Crippen molar-refractivity contribution < 1.29 is 0 Å². The van der Waals surface area contributed by atoms with Gasteiger partial charge in [-0.25, -0.2) is 9.67 Å². The van der Waals surface area contributed by atoms with Crippen molar-refractivity contribution in [3.8, 4) is 0 Å². The summed E-state index contributed by atoms with van der Waals surface area (Å²) in [5, 5.41) is 5.68. The average molecular weight is 274 g/mol. The van der Waals surface area contributed by atoms with Gasteiger partial charge in [0.05, 0.1) is 6.54 Å². The number of aromatic nitrogens is 3. The lowest BCUT2D eigenvalue weighted by atomic mass is 10.2. The van der Waals surface area contributed by atoms with E-state index in [1.165, 1.54) is 4.68 Å². The Balaban J connectivity index is 2.31. The molecule has 0 atom stereocenters. The van der Waals surface area contributed by atoms with Crippen LogP contribution in [0.3, 0.4) is 0 Å². The van der Waals surface area contributed by atoms with E-state index in [-0.39, 0.29) is 11.1 Å². The van der Waals surface area contributed by atoms with Gasteiger partial charge in [0.1, 0.15) is 5.82 Å². The molecule has 0 aliphatic rings. The van der Waals surface area contributed by atoms with E-state index in [9.17, 15) is 9.59 Å². The number of aromatic amines is 1. The van der Waals surface area contributed by atoms with Gasteiger partial charge in [0, 0.05) is 23.9 Å². The zero-order chi connectivity index (χ0) is 14.7. The summed E-state index contributed by atoms with van der Waals surface area (Å²) in [7, 11) is 0. The predicted octanol–water partition coefficient (Wildman–Crippen LogP) is 1.03. The summed E-state index contributed by atoms with van der Waals surface area (Å²) in [4.78, 5) is 28.0. The van der Waals surface area contributed by atoms with Crippen LogP contribution in [0.15, 0.2) is 27.9 Å². The fourth-order valence-corrected chi connectivity index (χ4v) is 1.89. The van der Waals surface area contributed by atoms with Crippen LogP contribution in [0.1, 0.15) is 23.6 Å². The summed E-state index contributed by atoms with van der Waals surface area (Å²) in [6.07, 6.45) is 1.69. The maximum atomic E-state index is 12.1. The van der Waals surface area contributed by atoms with E-state index in [0.29, 0.717) is 17.7 Å². The zero-order valence-corrected chi connectivity index (χ0v) is 11.9. The molecule has 0 bridgehead atoms. The molecule has 0 aromatic carbocycles. The Kier molecular flexibility index (Phi) is 4.02. The molecule has 0 unspecified atom stereocenters. The number of rotatable bonds is 4. The van der Waals surface area contributed by atoms with Gasteiger partial charge in [0.2, 0.25) is 0 Å². The van der Waals surface area contributed by atoms with E-state index in [4.69, 9.17) is 0 Å². The maximum absolute atomic E-state index is 12.1. The predicted molar refractivity (Wildman–Crippen MR) is 78.3 cm³/mol. The fraction of sp³-hybridized carbons (Fsp3) is 0.357. The number of hydrogen-bond acceptors (Lipinski definition) is 4. The van der Waals surface area contributed by atoms with Gasteiger partial charge in [0.15, 0.2) is 0 Å². The molecule has 0 spiro atoms. The summed E-state index contributed by atoms with van der Waals surface area (Å²) < 4.78 is 1.31. The van der Waals surface area contributed by atoms with Crippen LogP contribution in [0, 0.1) is 13.8 Å². The van der Waals surface area contributed by atoms with Crippen molar-refractivity contribution in [2.24, 2.45) is 0 Å². The van der Waals surface area contributed by atoms with Gasteiger partial charge < -0.3 is 5.32 Å². The van der Waals surface area contributed by atoms with Crippen molar-refractivity contribution in [1.29, 1.82) is 0 Å². The lowest BCUT2D eigenvalue weighted by Gasteiger charge is -2.09. The zero-order valence-electron chi connectivity index (χ0n) is 11.9. The molecule has 20 heavy (non-hydrogen) atoms. The Labute approximate surface area is 116 Å². The van der Waals surface area contributed by atoms with Crippen LogP contribution in [0.2, 0.25) is 0 Å². The first-order valence-electron chi connectivity index (χ1n) is 6.52. The molecule has 0 aliphatic carbocycles. The van der Waals surface area contributed by atoms with Crippen molar-refractivity contribution >= 4 is 5.82 Å². The second-order valence-corrected chi connectivity index (χ2v) is 4.66. The second kappa shape index (κ2) is 5.73. The molecule has 6 nitrogen and oxygen atoms in total. The number of anilines is 1. The first-order valence-corrected chi connectivity index (χ1v) is 6.52. The van der Waals surface area contributed by atoms with E-state index in [1.54, 1.807) is 20.0 Å². The molecule has 2 heterocycles. The summed E-state index contributed by atoms with van der Waals surface area (Å²) in [6, 6.07) is 3.73. The van der Waals surface area contributed by atoms with Gasteiger partial charge in [-0.15, -0.1) is 0 Å². The van der Waals surface area contributed by atoms with Crippen LogP contribution in [0.25, 0.3) is 0 Å². The summed E-state index contributed by atoms with van der Waals surface area (Å²) >= 11 is 0. The van der Waals surface area contributed by atoms with Crippen LogP contribution >= 0.6 is 0 Å². The SMILES string of the molecule is CCNc1ccc(Cn2[nH]c(=O)c(C)c(C)c2=O)cn1. The van der Waals surface area contributed by atoms with E-state index in [0.717, 1.165) is 17.9 Å². The minimum atomic E-state index is -0.237. The molecule has 2 aromatic heterocycles. The third-order valence-corrected chi connectivity index (χ3v) is 3.23. The van der Waals surface area contributed by atoms with E-state index in [1.807, 2.05) is 19.1 Å². The third kappa shape index (κ3) is 2.79. The molecule has 0 saturated carbocycles. The highest BCUT2D eigenvalue weighted by Crippen LogP contribution is 2.05. The van der Waals surface area contributed by atoms with Crippen LogP contribution < -0.4 is 16.4 Å². The van der Waals surface area contributed by atoms with Gasteiger partial charge in [-0.2, -0.15) is 0 Å². The Hall–Kier alpha value is -2.37. The maximum Gasteiger partial charge on any atom is 0.268 e. The van der Waals surface area contributed by atoms with Crippen molar-refractivity contribution in [2.75, 3.05) is 11.9 Å².